The molecule has 1 amide bonds. The number of hydrazone groups is 1. The summed E-state index contributed by atoms with van der Waals surface area (Å²) in [4.78, 5) is 12.4. The number of hydrogen-bond acceptors (Lipinski definition) is 6. The molecule has 0 aromatic heterocycles. The van der Waals surface area contributed by atoms with Crippen LogP contribution in [0.25, 0.3) is 10.8 Å². The fourth-order valence-corrected chi connectivity index (χ4v) is 3.12. The van der Waals surface area contributed by atoms with Gasteiger partial charge < -0.3 is 18.9 Å². The van der Waals surface area contributed by atoms with Crippen LogP contribution in [0.5, 0.6) is 23.0 Å². The average Bonchev–Trinajstić information content (AvgIpc) is 3.19. The smallest absolute Gasteiger partial charge is 0.284 e. The first-order chi connectivity index (χ1) is 13.8. The third-order valence-electron chi connectivity index (χ3n) is 4.55. The van der Waals surface area contributed by atoms with E-state index in [0.29, 0.717) is 23.0 Å². The number of ether oxygens (including phenoxy) is 4. The number of fused-ring (bicyclic) bond motifs is 3. The second-order valence-electron chi connectivity index (χ2n) is 6.41. The molecule has 0 fully saturated rings. The van der Waals surface area contributed by atoms with Crippen LogP contribution in [0.2, 0.25) is 0 Å². The van der Waals surface area contributed by atoms with Gasteiger partial charge in [0.05, 0.1) is 6.21 Å². The second kappa shape index (κ2) is 6.77. The van der Waals surface area contributed by atoms with Crippen LogP contribution in [0.4, 0.5) is 0 Å². The van der Waals surface area contributed by atoms with E-state index in [0.717, 1.165) is 16.3 Å². The van der Waals surface area contributed by atoms with E-state index in [1.165, 1.54) is 6.21 Å². The normalized spacial score (nSPS) is 17.1. The lowest BCUT2D eigenvalue weighted by Gasteiger charge is -2.25. The predicted octanol–water partition coefficient (Wildman–Crippen LogP) is 2.86. The monoisotopic (exact) mass is 376 g/mol. The zero-order valence-electron chi connectivity index (χ0n) is 14.8. The molecule has 140 valence electrons. The van der Waals surface area contributed by atoms with Crippen molar-refractivity contribution in [3.63, 3.8) is 0 Å². The lowest BCUT2D eigenvalue weighted by molar-refractivity contribution is -0.130. The number of nitrogens with one attached hydrogen (secondary N) is 1. The fraction of sp³-hybridized carbons (Fsp3) is 0.143. The maximum atomic E-state index is 12.4. The molecule has 3 aromatic rings. The van der Waals surface area contributed by atoms with Gasteiger partial charge in [-0.1, -0.05) is 24.3 Å². The number of benzene rings is 3. The van der Waals surface area contributed by atoms with Crippen LogP contribution in [-0.2, 0) is 4.79 Å². The highest BCUT2D eigenvalue weighted by atomic mass is 16.7. The summed E-state index contributed by atoms with van der Waals surface area (Å²) in [6.45, 7) is 0.333. The molecule has 0 radical (unpaired) electrons. The van der Waals surface area contributed by atoms with Crippen LogP contribution in [0.1, 0.15) is 5.56 Å². The fourth-order valence-electron chi connectivity index (χ4n) is 3.12. The van der Waals surface area contributed by atoms with Crippen molar-refractivity contribution in [1.29, 1.82) is 0 Å². The molecule has 0 aliphatic carbocycles. The van der Waals surface area contributed by atoms with Gasteiger partial charge in [0.15, 0.2) is 23.0 Å². The Morgan fingerprint density at radius 2 is 1.68 bits per heavy atom. The van der Waals surface area contributed by atoms with Crippen molar-refractivity contribution in [3.05, 3.63) is 60.2 Å². The first-order valence-corrected chi connectivity index (χ1v) is 8.81. The summed E-state index contributed by atoms with van der Waals surface area (Å²) in [6, 6.07) is 17.1. The number of carbonyl (C=O) groups excluding carboxylic acids is 1. The Morgan fingerprint density at radius 3 is 2.54 bits per heavy atom. The molecule has 2 heterocycles. The summed E-state index contributed by atoms with van der Waals surface area (Å²) in [6.07, 6.45) is 0.757. The molecule has 0 bridgehead atoms. The predicted molar refractivity (Wildman–Crippen MR) is 102 cm³/mol. The van der Waals surface area contributed by atoms with E-state index >= 15 is 0 Å². The van der Waals surface area contributed by atoms with Crippen molar-refractivity contribution < 1.29 is 23.7 Å². The maximum absolute atomic E-state index is 12.4. The molecule has 1 atom stereocenters. The summed E-state index contributed by atoms with van der Waals surface area (Å²) < 4.78 is 22.1. The van der Waals surface area contributed by atoms with Crippen LogP contribution < -0.4 is 24.4 Å². The molecular weight excluding hydrogens is 360 g/mol. The molecule has 0 spiro atoms. The quantitative estimate of drug-likeness (QED) is 0.562. The highest BCUT2D eigenvalue weighted by Crippen LogP contribution is 2.36. The molecule has 1 N–H and O–H groups in total. The van der Waals surface area contributed by atoms with Crippen LogP contribution in [0.15, 0.2) is 59.7 Å². The van der Waals surface area contributed by atoms with Gasteiger partial charge in [0.2, 0.25) is 12.9 Å². The average molecular weight is 376 g/mol. The summed E-state index contributed by atoms with van der Waals surface area (Å²) in [5, 5.41) is 6.07. The minimum atomic E-state index is -0.775. The Kier molecular flexibility index (Phi) is 3.97. The Labute approximate surface area is 160 Å². The van der Waals surface area contributed by atoms with Crippen molar-refractivity contribution in [1.82, 2.24) is 5.43 Å². The van der Waals surface area contributed by atoms with E-state index in [1.54, 1.807) is 12.1 Å². The lowest BCUT2D eigenvalue weighted by Crippen LogP contribution is -2.42. The van der Waals surface area contributed by atoms with E-state index in [-0.39, 0.29) is 19.3 Å². The molecule has 7 heteroatoms. The molecule has 28 heavy (non-hydrogen) atoms. The molecule has 1 unspecified atom stereocenters. The molecular formula is C21H16N2O5. The SMILES string of the molecule is O=C(NN=Cc1ccc2c(c1)OCO2)C1COc2cc3ccccc3cc2O1. The summed E-state index contributed by atoms with van der Waals surface area (Å²) >= 11 is 0. The summed E-state index contributed by atoms with van der Waals surface area (Å²) in [5.74, 6) is 2.15. The molecule has 0 saturated heterocycles. The van der Waals surface area contributed by atoms with E-state index in [9.17, 15) is 4.79 Å². The lowest BCUT2D eigenvalue weighted by atomic mass is 10.1. The van der Waals surface area contributed by atoms with Gasteiger partial charge in [0.25, 0.3) is 5.91 Å². The van der Waals surface area contributed by atoms with Crippen molar-refractivity contribution in [2.45, 2.75) is 6.10 Å². The van der Waals surface area contributed by atoms with Gasteiger partial charge in [-0.05, 0) is 46.7 Å². The van der Waals surface area contributed by atoms with Crippen LogP contribution in [0, 0.1) is 0 Å². The molecule has 0 saturated carbocycles. The molecule has 2 aliphatic heterocycles. The molecule has 2 aliphatic rings. The summed E-state index contributed by atoms with van der Waals surface area (Å²) in [7, 11) is 0. The van der Waals surface area contributed by atoms with E-state index in [4.69, 9.17) is 18.9 Å². The zero-order valence-corrected chi connectivity index (χ0v) is 14.8. The Balaban J connectivity index is 1.26. The minimum absolute atomic E-state index is 0.122. The Hall–Kier alpha value is -3.74. The van der Waals surface area contributed by atoms with Crippen LogP contribution >= 0.6 is 0 Å². The van der Waals surface area contributed by atoms with Crippen LogP contribution in [0.3, 0.4) is 0 Å². The van der Waals surface area contributed by atoms with Crippen LogP contribution in [-0.4, -0.2) is 31.6 Å². The summed E-state index contributed by atoms with van der Waals surface area (Å²) in [5.41, 5.74) is 3.27. The largest absolute Gasteiger partial charge is 0.485 e. The molecule has 5 rings (SSSR count). The first kappa shape index (κ1) is 16.4. The van der Waals surface area contributed by atoms with Gasteiger partial charge >= 0.3 is 0 Å². The number of nitrogens with zero attached hydrogens (tertiary/aromatic N) is 1. The standard InChI is InChI=1S/C21H16N2O5/c24-21(23-22-10-13-5-6-16-17(7-13)27-12-26-16)20-11-25-18-8-14-3-1-2-4-15(14)9-19(18)28-20/h1-10,20H,11-12H2,(H,23,24). The van der Waals surface area contributed by atoms with Gasteiger partial charge in [-0.2, -0.15) is 5.10 Å². The van der Waals surface area contributed by atoms with Gasteiger partial charge in [0, 0.05) is 0 Å². The highest BCUT2D eigenvalue weighted by Gasteiger charge is 2.27. The van der Waals surface area contributed by atoms with Gasteiger partial charge in [-0.3, -0.25) is 4.79 Å². The topological polar surface area (TPSA) is 78.4 Å². The third kappa shape index (κ3) is 3.07. The van der Waals surface area contributed by atoms with E-state index in [2.05, 4.69) is 10.5 Å². The number of hydrogen-bond donors (Lipinski definition) is 1. The third-order valence-corrected chi connectivity index (χ3v) is 4.55. The van der Waals surface area contributed by atoms with Gasteiger partial charge in [-0.25, -0.2) is 5.43 Å². The first-order valence-electron chi connectivity index (χ1n) is 8.81. The molecule has 3 aromatic carbocycles. The zero-order chi connectivity index (χ0) is 18.9. The van der Waals surface area contributed by atoms with Crippen molar-refractivity contribution in [3.8, 4) is 23.0 Å². The van der Waals surface area contributed by atoms with E-state index in [1.807, 2.05) is 42.5 Å². The number of amides is 1. The van der Waals surface area contributed by atoms with Crippen molar-refractivity contribution >= 4 is 22.9 Å². The Morgan fingerprint density at radius 1 is 0.929 bits per heavy atom. The Bertz CT molecular complexity index is 1100. The number of rotatable bonds is 3. The molecule has 7 nitrogen and oxygen atoms in total. The van der Waals surface area contributed by atoms with Gasteiger partial charge in [-0.15, -0.1) is 0 Å². The number of carbonyl (C=O) groups is 1. The minimum Gasteiger partial charge on any atom is -0.485 e. The maximum Gasteiger partial charge on any atom is 0.284 e. The van der Waals surface area contributed by atoms with Gasteiger partial charge in [0.1, 0.15) is 6.61 Å². The van der Waals surface area contributed by atoms with E-state index < -0.39 is 6.10 Å². The van der Waals surface area contributed by atoms with Crippen molar-refractivity contribution in [2.24, 2.45) is 5.10 Å². The second-order valence-corrected chi connectivity index (χ2v) is 6.41. The highest BCUT2D eigenvalue weighted by molar-refractivity contribution is 5.88. The van der Waals surface area contributed by atoms with Crippen molar-refractivity contribution in [2.75, 3.05) is 13.4 Å².